The molecule has 0 fully saturated rings. The number of carbonyl (C=O) groups excluding carboxylic acids is 1. The highest BCUT2D eigenvalue weighted by Gasteiger charge is 2.18. The molecule has 0 unspecified atom stereocenters. The van der Waals surface area contributed by atoms with Gasteiger partial charge in [0.2, 0.25) is 0 Å². The number of carbonyl (C=O) groups is 1. The Bertz CT molecular complexity index is 1010. The maximum absolute atomic E-state index is 12.8. The molecule has 0 saturated heterocycles. The number of amides is 1. The molecule has 2 heterocycles. The first-order valence-corrected chi connectivity index (χ1v) is 8.71. The molecule has 7 heteroatoms. The van der Waals surface area contributed by atoms with Crippen LogP contribution >= 0.6 is 11.6 Å². The van der Waals surface area contributed by atoms with Gasteiger partial charge in [0.25, 0.3) is 11.5 Å². The second-order valence-electron chi connectivity index (χ2n) is 6.43. The van der Waals surface area contributed by atoms with Crippen molar-refractivity contribution in [1.82, 2.24) is 19.9 Å². The number of nitrogens with one attached hydrogen (secondary N) is 1. The van der Waals surface area contributed by atoms with Crippen LogP contribution in [0.2, 0.25) is 5.02 Å². The van der Waals surface area contributed by atoms with Gasteiger partial charge in [0, 0.05) is 24.3 Å². The molecule has 26 heavy (non-hydrogen) atoms. The third kappa shape index (κ3) is 3.91. The molecule has 1 N–H and O–H groups in total. The molecule has 2 aromatic heterocycles. The molecule has 0 bridgehead atoms. The summed E-state index contributed by atoms with van der Waals surface area (Å²) in [5.74, 6) is -0.291. The van der Waals surface area contributed by atoms with E-state index in [0.717, 1.165) is 5.56 Å². The van der Waals surface area contributed by atoms with Gasteiger partial charge in [-0.05, 0) is 35.7 Å². The monoisotopic (exact) mass is 370 g/mol. The smallest absolute Gasteiger partial charge is 0.283 e. The Morgan fingerprint density at radius 1 is 1.27 bits per heavy atom. The van der Waals surface area contributed by atoms with Crippen LogP contribution in [-0.2, 0) is 13.1 Å². The molecule has 1 amide bonds. The van der Waals surface area contributed by atoms with Gasteiger partial charge in [-0.1, -0.05) is 37.6 Å². The van der Waals surface area contributed by atoms with Crippen LogP contribution in [0.1, 0.15) is 29.9 Å². The van der Waals surface area contributed by atoms with Crippen molar-refractivity contribution < 1.29 is 4.79 Å². The predicted molar refractivity (Wildman–Crippen MR) is 101 cm³/mol. The summed E-state index contributed by atoms with van der Waals surface area (Å²) in [5, 5.41) is 3.32. The lowest BCUT2D eigenvalue weighted by Crippen LogP contribution is -2.35. The zero-order chi connectivity index (χ0) is 18.7. The standard InChI is InChI=1S/C19H19ClN4O2/c1-12(2)11-24-17-15(7-4-8-21-17)23-16(19(24)26)18(25)22-10-13-5-3-6-14(20)9-13/h3-9,12H,10-11H2,1-2H3,(H,22,25). The Labute approximate surface area is 155 Å². The van der Waals surface area contributed by atoms with Crippen LogP contribution in [0.15, 0.2) is 47.4 Å². The first-order valence-electron chi connectivity index (χ1n) is 8.34. The van der Waals surface area contributed by atoms with Crippen molar-refractivity contribution in [3.05, 3.63) is 69.2 Å². The lowest BCUT2D eigenvalue weighted by molar-refractivity contribution is 0.0944. The normalized spacial score (nSPS) is 11.1. The molecule has 6 nitrogen and oxygen atoms in total. The van der Waals surface area contributed by atoms with E-state index >= 15 is 0 Å². The molecule has 0 atom stereocenters. The first kappa shape index (κ1) is 18.1. The zero-order valence-corrected chi connectivity index (χ0v) is 15.3. The van der Waals surface area contributed by atoms with Gasteiger partial charge in [-0.25, -0.2) is 9.97 Å². The van der Waals surface area contributed by atoms with Gasteiger partial charge in [-0.3, -0.25) is 14.2 Å². The third-order valence-electron chi connectivity index (χ3n) is 3.81. The molecule has 0 spiro atoms. The minimum atomic E-state index is -0.516. The first-order chi connectivity index (χ1) is 12.5. The fourth-order valence-electron chi connectivity index (χ4n) is 2.67. The van der Waals surface area contributed by atoms with E-state index in [1.54, 1.807) is 36.5 Å². The largest absolute Gasteiger partial charge is 0.346 e. The Morgan fingerprint density at radius 3 is 2.81 bits per heavy atom. The third-order valence-corrected chi connectivity index (χ3v) is 4.04. The topological polar surface area (TPSA) is 76.9 Å². The summed E-state index contributed by atoms with van der Waals surface area (Å²) in [6.45, 7) is 4.72. The molecule has 0 aliphatic heterocycles. The van der Waals surface area contributed by atoms with E-state index in [0.29, 0.717) is 22.7 Å². The van der Waals surface area contributed by atoms with E-state index in [2.05, 4.69) is 15.3 Å². The molecule has 3 aromatic rings. The summed E-state index contributed by atoms with van der Waals surface area (Å²) < 4.78 is 1.52. The average Bonchev–Trinajstić information content (AvgIpc) is 2.61. The summed E-state index contributed by atoms with van der Waals surface area (Å²) in [6, 6.07) is 10.6. The Morgan fingerprint density at radius 2 is 2.08 bits per heavy atom. The van der Waals surface area contributed by atoms with Gasteiger partial charge in [-0.2, -0.15) is 0 Å². The average molecular weight is 371 g/mol. The van der Waals surface area contributed by atoms with Crippen LogP contribution in [0, 0.1) is 5.92 Å². The number of hydrogen-bond acceptors (Lipinski definition) is 4. The van der Waals surface area contributed by atoms with Crippen LogP contribution < -0.4 is 10.9 Å². The molecular formula is C19H19ClN4O2. The minimum Gasteiger partial charge on any atom is -0.346 e. The lowest BCUT2D eigenvalue weighted by atomic mass is 10.2. The zero-order valence-electron chi connectivity index (χ0n) is 14.6. The Kier molecular flexibility index (Phi) is 5.32. The van der Waals surface area contributed by atoms with Crippen molar-refractivity contribution in [1.29, 1.82) is 0 Å². The van der Waals surface area contributed by atoms with Crippen LogP contribution in [-0.4, -0.2) is 20.4 Å². The minimum absolute atomic E-state index is 0.131. The van der Waals surface area contributed by atoms with Crippen molar-refractivity contribution in [2.24, 2.45) is 5.92 Å². The van der Waals surface area contributed by atoms with Crippen molar-refractivity contribution in [2.75, 3.05) is 0 Å². The number of hydrogen-bond donors (Lipinski definition) is 1. The van der Waals surface area contributed by atoms with Crippen LogP contribution in [0.4, 0.5) is 0 Å². The van der Waals surface area contributed by atoms with E-state index in [4.69, 9.17) is 11.6 Å². The molecule has 0 aliphatic carbocycles. The summed E-state index contributed by atoms with van der Waals surface area (Å²) in [4.78, 5) is 33.9. The number of pyridine rings is 1. The van der Waals surface area contributed by atoms with Gasteiger partial charge >= 0.3 is 0 Å². The fourth-order valence-corrected chi connectivity index (χ4v) is 2.88. The second-order valence-corrected chi connectivity index (χ2v) is 6.87. The fraction of sp³-hybridized carbons (Fsp3) is 0.263. The number of nitrogens with zero attached hydrogens (tertiary/aromatic N) is 3. The summed E-state index contributed by atoms with van der Waals surface area (Å²) in [6.07, 6.45) is 1.61. The number of benzene rings is 1. The molecule has 0 saturated carbocycles. The van der Waals surface area contributed by atoms with Crippen LogP contribution in [0.3, 0.4) is 0 Å². The van der Waals surface area contributed by atoms with E-state index in [1.165, 1.54) is 4.57 Å². The van der Waals surface area contributed by atoms with E-state index < -0.39 is 11.5 Å². The molecular weight excluding hydrogens is 352 g/mol. The van der Waals surface area contributed by atoms with E-state index in [-0.39, 0.29) is 18.2 Å². The number of fused-ring (bicyclic) bond motifs is 1. The Hall–Kier alpha value is -2.73. The number of halogens is 1. The highest BCUT2D eigenvalue weighted by Crippen LogP contribution is 2.11. The highest BCUT2D eigenvalue weighted by atomic mass is 35.5. The van der Waals surface area contributed by atoms with Crippen molar-refractivity contribution >= 4 is 28.7 Å². The van der Waals surface area contributed by atoms with Crippen molar-refractivity contribution in [3.63, 3.8) is 0 Å². The van der Waals surface area contributed by atoms with E-state index in [9.17, 15) is 9.59 Å². The SMILES string of the molecule is CC(C)Cn1c(=O)c(C(=O)NCc2cccc(Cl)c2)nc2cccnc21. The Balaban J connectivity index is 1.94. The second kappa shape index (κ2) is 7.66. The molecule has 3 rings (SSSR count). The van der Waals surface area contributed by atoms with Gasteiger partial charge < -0.3 is 5.32 Å². The van der Waals surface area contributed by atoms with Crippen molar-refractivity contribution in [3.8, 4) is 0 Å². The molecule has 134 valence electrons. The van der Waals surface area contributed by atoms with Gasteiger partial charge in [-0.15, -0.1) is 0 Å². The summed E-state index contributed by atoms with van der Waals surface area (Å²) in [5.41, 5.74) is 1.27. The van der Waals surface area contributed by atoms with Crippen LogP contribution in [0.25, 0.3) is 11.2 Å². The quantitative estimate of drug-likeness (QED) is 0.748. The summed E-state index contributed by atoms with van der Waals surface area (Å²) in [7, 11) is 0. The number of rotatable bonds is 5. The summed E-state index contributed by atoms with van der Waals surface area (Å²) >= 11 is 5.95. The highest BCUT2D eigenvalue weighted by molar-refractivity contribution is 6.30. The van der Waals surface area contributed by atoms with Gasteiger partial charge in [0.15, 0.2) is 11.3 Å². The lowest BCUT2D eigenvalue weighted by Gasteiger charge is -2.13. The van der Waals surface area contributed by atoms with E-state index in [1.807, 2.05) is 19.9 Å². The van der Waals surface area contributed by atoms with Gasteiger partial charge in [0.1, 0.15) is 5.52 Å². The van der Waals surface area contributed by atoms with Crippen LogP contribution in [0.5, 0.6) is 0 Å². The van der Waals surface area contributed by atoms with Crippen molar-refractivity contribution in [2.45, 2.75) is 26.9 Å². The maximum atomic E-state index is 12.8. The molecule has 1 aromatic carbocycles. The predicted octanol–water partition coefficient (Wildman–Crippen LogP) is 3.03. The maximum Gasteiger partial charge on any atom is 0.283 e. The molecule has 0 radical (unpaired) electrons. The number of aromatic nitrogens is 3. The van der Waals surface area contributed by atoms with Gasteiger partial charge in [0.05, 0.1) is 0 Å². The molecule has 0 aliphatic rings.